The second-order valence-electron chi connectivity index (χ2n) is 8.20. The van der Waals surface area contributed by atoms with Gasteiger partial charge in [-0.05, 0) is 31.9 Å². The molecule has 0 bridgehead atoms. The molecule has 0 radical (unpaired) electrons. The second-order valence-corrected chi connectivity index (χ2v) is 9.09. The predicted molar refractivity (Wildman–Crippen MR) is 123 cm³/mol. The molecule has 1 saturated carbocycles. The molecule has 0 amide bonds. The smallest absolute Gasteiger partial charge is 0.385 e. The van der Waals surface area contributed by atoms with Crippen molar-refractivity contribution in [1.29, 1.82) is 0 Å². The van der Waals surface area contributed by atoms with Crippen LogP contribution in [0.2, 0.25) is 0 Å². The van der Waals surface area contributed by atoms with Gasteiger partial charge in [-0.25, -0.2) is 13.9 Å². The van der Waals surface area contributed by atoms with Crippen LogP contribution in [0.5, 0.6) is 5.75 Å². The van der Waals surface area contributed by atoms with Crippen LogP contribution in [0.25, 0.3) is 11.2 Å². The number of aromatic nitrogens is 4. The maximum absolute atomic E-state index is 16.0. The molecule has 1 aromatic carbocycles. The highest BCUT2D eigenvalue weighted by Gasteiger charge is 2.44. The lowest BCUT2D eigenvalue weighted by Crippen LogP contribution is -2.48. The fraction of sp³-hybridized carbons (Fsp3) is 0.476. The number of halogens is 1. The molecule has 13 heteroatoms. The molecule has 182 valence electrons. The van der Waals surface area contributed by atoms with Crippen LogP contribution in [0.1, 0.15) is 19.8 Å². The summed E-state index contributed by atoms with van der Waals surface area (Å²) in [5, 5.41) is 10.9. The number of aliphatic hydroxyl groups excluding tert-OH is 1. The second kappa shape index (κ2) is 9.75. The maximum atomic E-state index is 16.0. The van der Waals surface area contributed by atoms with Gasteiger partial charge in [0.05, 0.1) is 6.33 Å². The highest BCUT2D eigenvalue weighted by Crippen LogP contribution is 2.36. The largest absolute Gasteiger partial charge is 0.750 e. The summed E-state index contributed by atoms with van der Waals surface area (Å²) in [7, 11) is 0.588. The third-order valence-electron chi connectivity index (χ3n) is 5.76. The third-order valence-corrected chi connectivity index (χ3v) is 6.48. The topological polar surface area (TPSA) is 138 Å². The van der Waals surface area contributed by atoms with Crippen LogP contribution in [0.4, 0.5) is 16.2 Å². The Hall–Kier alpha value is -2.92. The zero-order chi connectivity index (χ0) is 24.5. The number of benzene rings is 1. The van der Waals surface area contributed by atoms with Crippen molar-refractivity contribution in [1.82, 2.24) is 19.5 Å². The number of rotatable bonds is 11. The number of imidazole rings is 1. The molecule has 2 aromatic heterocycles. The van der Waals surface area contributed by atoms with Crippen molar-refractivity contribution in [2.75, 3.05) is 31.4 Å². The Morgan fingerprint density at radius 3 is 2.71 bits per heavy atom. The van der Waals surface area contributed by atoms with Gasteiger partial charge in [-0.15, -0.1) is 4.52 Å². The minimum Gasteiger partial charge on any atom is -0.385 e. The Balaban J connectivity index is 1.52. The quantitative estimate of drug-likeness (QED) is 0.384. The van der Waals surface area contributed by atoms with Crippen molar-refractivity contribution in [2.45, 2.75) is 43.8 Å². The van der Waals surface area contributed by atoms with Crippen LogP contribution in [0.3, 0.4) is 0 Å². The SMILES string of the molecule is COC(CO[P+](=O)Oc1ccccc1)[C@@H](O)[C@@](C)(F)n1cnc2c(N(C)C3CC3)nc(N)nc21. The summed E-state index contributed by atoms with van der Waals surface area (Å²) < 4.78 is 44.9. The van der Waals surface area contributed by atoms with E-state index in [2.05, 4.69) is 15.0 Å². The van der Waals surface area contributed by atoms with Crippen LogP contribution in [0.15, 0.2) is 36.7 Å². The van der Waals surface area contributed by atoms with Crippen LogP contribution in [0, 0.1) is 0 Å². The Kier molecular flexibility index (Phi) is 6.94. The number of nitrogens with zero attached hydrogens (tertiary/aromatic N) is 5. The molecule has 0 spiro atoms. The number of fused-ring (bicyclic) bond motifs is 1. The number of hydrogen-bond acceptors (Lipinski definition) is 10. The molecular formula is C21H27FN6O5P+. The number of para-hydroxylation sites is 1. The normalized spacial score (nSPS) is 17.7. The van der Waals surface area contributed by atoms with E-state index in [0.717, 1.165) is 24.3 Å². The lowest BCUT2D eigenvalue weighted by Gasteiger charge is -2.32. The van der Waals surface area contributed by atoms with E-state index in [0.29, 0.717) is 23.1 Å². The summed E-state index contributed by atoms with van der Waals surface area (Å²) in [5.41, 5.74) is 6.39. The van der Waals surface area contributed by atoms with Gasteiger partial charge in [0, 0.05) is 24.8 Å². The molecule has 3 aromatic rings. The minimum atomic E-state index is -2.57. The van der Waals surface area contributed by atoms with Crippen molar-refractivity contribution in [2.24, 2.45) is 0 Å². The molecule has 2 unspecified atom stereocenters. The van der Waals surface area contributed by atoms with Gasteiger partial charge in [0.2, 0.25) is 11.7 Å². The monoisotopic (exact) mass is 493 g/mol. The number of methoxy groups -OCH3 is 1. The minimum absolute atomic E-state index is 0.0382. The highest BCUT2D eigenvalue weighted by atomic mass is 31.1. The Morgan fingerprint density at radius 1 is 1.35 bits per heavy atom. The first-order valence-electron chi connectivity index (χ1n) is 10.7. The van der Waals surface area contributed by atoms with Crippen LogP contribution in [-0.2, 0) is 19.6 Å². The van der Waals surface area contributed by atoms with E-state index in [1.54, 1.807) is 30.3 Å². The van der Waals surface area contributed by atoms with Gasteiger partial charge in [0.15, 0.2) is 22.7 Å². The van der Waals surface area contributed by atoms with E-state index in [1.807, 2.05) is 11.9 Å². The number of nitrogens with two attached hydrogens (primary N) is 1. The van der Waals surface area contributed by atoms with Gasteiger partial charge in [0.1, 0.15) is 18.8 Å². The Bertz CT molecular complexity index is 1160. The van der Waals surface area contributed by atoms with Crippen LogP contribution < -0.4 is 15.2 Å². The molecule has 0 aliphatic heterocycles. The first-order chi connectivity index (χ1) is 16.2. The van der Waals surface area contributed by atoms with Crippen molar-refractivity contribution in [3.05, 3.63) is 36.7 Å². The van der Waals surface area contributed by atoms with Crippen molar-refractivity contribution in [3.63, 3.8) is 0 Å². The van der Waals surface area contributed by atoms with Gasteiger partial charge < -0.3 is 20.5 Å². The number of hydrogen-bond donors (Lipinski definition) is 2. The Labute approximate surface area is 196 Å². The predicted octanol–water partition coefficient (Wildman–Crippen LogP) is 2.78. The zero-order valence-corrected chi connectivity index (χ0v) is 19.9. The molecule has 2 heterocycles. The number of nitrogen functional groups attached to an aromatic ring is 1. The number of alkyl halides is 1. The van der Waals surface area contributed by atoms with E-state index in [4.69, 9.17) is 19.5 Å². The molecule has 3 N–H and O–H groups in total. The first kappa shape index (κ1) is 24.2. The van der Waals surface area contributed by atoms with E-state index >= 15 is 4.39 Å². The highest BCUT2D eigenvalue weighted by molar-refractivity contribution is 7.33. The summed E-state index contributed by atoms with van der Waals surface area (Å²) in [6.07, 6.45) is 0.357. The van der Waals surface area contributed by atoms with Crippen molar-refractivity contribution >= 4 is 31.2 Å². The molecule has 1 fully saturated rings. The van der Waals surface area contributed by atoms with E-state index in [-0.39, 0.29) is 11.6 Å². The fourth-order valence-corrected chi connectivity index (χ4v) is 4.22. The van der Waals surface area contributed by atoms with E-state index in [1.165, 1.54) is 13.4 Å². The van der Waals surface area contributed by atoms with Gasteiger partial charge in [-0.1, -0.05) is 18.2 Å². The van der Waals surface area contributed by atoms with Gasteiger partial charge in [-0.2, -0.15) is 9.97 Å². The standard InChI is InChI=1S/C21H27FN6O5P/c1-21(22,17(29)15(31-3)11-32-34(30)33-14-7-5-4-6-8-14)28-12-24-16-18(27(2)13-9-10-13)25-20(23)26-19(16)28/h4-8,12-13,15,17,29H,9-11H2,1-3H3,(H2,23,25,26)/q+1/t15?,17-,21+/m1/s1. The summed E-state index contributed by atoms with van der Waals surface area (Å²) in [6, 6.07) is 8.77. The average molecular weight is 493 g/mol. The number of anilines is 2. The van der Waals surface area contributed by atoms with Gasteiger partial charge >= 0.3 is 8.25 Å². The van der Waals surface area contributed by atoms with E-state index in [9.17, 15) is 9.67 Å². The van der Waals surface area contributed by atoms with Gasteiger partial charge in [-0.3, -0.25) is 4.57 Å². The van der Waals surface area contributed by atoms with Gasteiger partial charge in [0.25, 0.3) is 0 Å². The zero-order valence-electron chi connectivity index (χ0n) is 19.0. The van der Waals surface area contributed by atoms with Crippen molar-refractivity contribution < 1.29 is 27.8 Å². The average Bonchev–Trinajstić information content (AvgIpc) is 3.58. The van der Waals surface area contributed by atoms with Crippen LogP contribution in [-0.4, -0.2) is 63.6 Å². The molecule has 11 nitrogen and oxygen atoms in total. The van der Waals surface area contributed by atoms with Crippen LogP contribution >= 0.6 is 8.25 Å². The fourth-order valence-electron chi connectivity index (χ4n) is 3.60. The lowest BCUT2D eigenvalue weighted by atomic mass is 10.0. The summed E-state index contributed by atoms with van der Waals surface area (Å²) in [6.45, 7) is 0.770. The molecule has 1 aliphatic carbocycles. The lowest BCUT2D eigenvalue weighted by molar-refractivity contribution is -0.132. The summed E-state index contributed by atoms with van der Waals surface area (Å²) >= 11 is 0. The van der Waals surface area contributed by atoms with E-state index < -0.39 is 32.9 Å². The molecule has 34 heavy (non-hydrogen) atoms. The first-order valence-corrected chi connectivity index (χ1v) is 11.8. The molecule has 0 saturated heterocycles. The molecule has 4 rings (SSSR count). The molecular weight excluding hydrogens is 466 g/mol. The number of ether oxygens (including phenoxy) is 1. The number of aliphatic hydroxyl groups is 1. The third kappa shape index (κ3) is 4.95. The molecule has 1 aliphatic rings. The maximum Gasteiger partial charge on any atom is 0.750 e. The van der Waals surface area contributed by atoms with Crippen molar-refractivity contribution in [3.8, 4) is 5.75 Å². The summed E-state index contributed by atoms with van der Waals surface area (Å²) in [5.74, 6) is -1.62. The summed E-state index contributed by atoms with van der Waals surface area (Å²) in [4.78, 5) is 14.7. The Morgan fingerprint density at radius 2 is 2.06 bits per heavy atom. The molecule has 4 atom stereocenters.